The van der Waals surface area contributed by atoms with Gasteiger partial charge in [0.15, 0.2) is 0 Å². The molecule has 4 heteroatoms. The van der Waals surface area contributed by atoms with Gasteiger partial charge in [-0.25, -0.2) is 0 Å². The van der Waals surface area contributed by atoms with Gasteiger partial charge >= 0.3 is 0 Å². The van der Waals surface area contributed by atoms with Crippen LogP contribution in [-0.2, 0) is 0 Å². The molecule has 2 aromatic rings. The highest BCUT2D eigenvalue weighted by Crippen LogP contribution is 2.76. The minimum Gasteiger partial charge on any atom is -0.464 e. The van der Waals surface area contributed by atoms with Gasteiger partial charge in [0.05, 0.1) is 12.5 Å². The van der Waals surface area contributed by atoms with E-state index in [9.17, 15) is 0 Å². The first-order chi connectivity index (χ1) is 16.0. The predicted octanol–water partition coefficient (Wildman–Crippen LogP) is 7.83. The van der Waals surface area contributed by atoms with E-state index in [-0.39, 0.29) is 23.4 Å². The van der Waals surface area contributed by atoms with Gasteiger partial charge in [-0.1, -0.05) is 62.3 Å². The number of fused-ring (bicyclic) bond motifs is 6. The summed E-state index contributed by atoms with van der Waals surface area (Å²) in [7, 11) is -1.09. The minimum atomic E-state index is -0.702. The van der Waals surface area contributed by atoms with Crippen LogP contribution in [-0.4, -0.2) is 21.1 Å². The van der Waals surface area contributed by atoms with Crippen LogP contribution in [0.5, 0.6) is 0 Å². The molecule has 3 aliphatic rings. The van der Waals surface area contributed by atoms with Crippen LogP contribution in [0.4, 0.5) is 0 Å². The third kappa shape index (κ3) is 3.77. The van der Waals surface area contributed by atoms with Crippen LogP contribution < -0.4 is 11.0 Å². The van der Waals surface area contributed by atoms with Gasteiger partial charge in [0.2, 0.25) is 0 Å². The maximum absolute atomic E-state index is 6.53. The van der Waals surface area contributed by atoms with Crippen molar-refractivity contribution >= 4 is 26.8 Å². The van der Waals surface area contributed by atoms with E-state index in [2.05, 4.69) is 78.7 Å². The molecule has 4 bridgehead atoms. The number of hydrogen-bond donors (Lipinski definition) is 0. The Hall–Kier alpha value is -1.02. The second-order valence-electron chi connectivity index (χ2n) is 13.1. The third-order valence-corrected chi connectivity index (χ3v) is 16.2. The van der Waals surface area contributed by atoms with Crippen molar-refractivity contribution in [2.24, 2.45) is 29.6 Å². The van der Waals surface area contributed by atoms with E-state index >= 15 is 0 Å². The molecule has 2 aromatic heterocycles. The Kier molecular flexibility index (Phi) is 6.19. The van der Waals surface area contributed by atoms with E-state index in [4.69, 9.17) is 15.3 Å². The molecule has 2 nitrogen and oxygen atoms in total. The molecule has 3 aliphatic carbocycles. The summed E-state index contributed by atoms with van der Waals surface area (Å²) in [4.78, 5) is 0. The van der Waals surface area contributed by atoms with Crippen molar-refractivity contribution in [1.29, 1.82) is 0 Å². The molecule has 0 saturated heterocycles. The van der Waals surface area contributed by atoms with E-state index in [0.717, 1.165) is 22.8 Å². The highest BCUT2D eigenvalue weighted by atomic mass is 31.1. The zero-order valence-corrected chi connectivity index (χ0v) is 23.8. The molecular weight excluding hydrogens is 454 g/mol. The van der Waals surface area contributed by atoms with Crippen LogP contribution in [0.2, 0.25) is 0 Å². The first kappa shape index (κ1) is 24.7. The smallest absolute Gasteiger partial charge is 0.133 e. The quantitative estimate of drug-likeness (QED) is 0.311. The van der Waals surface area contributed by atoms with Crippen LogP contribution >= 0.6 is 15.8 Å². The highest BCUT2D eigenvalue weighted by Gasteiger charge is 2.66. The van der Waals surface area contributed by atoms with E-state index in [0.29, 0.717) is 23.4 Å². The molecule has 0 N–H and O–H groups in total. The molecule has 3 unspecified atom stereocenters. The van der Waals surface area contributed by atoms with Crippen molar-refractivity contribution in [3.05, 3.63) is 36.8 Å². The second-order valence-corrected chi connectivity index (χ2v) is 19.5. The van der Waals surface area contributed by atoms with Gasteiger partial charge in [0.1, 0.15) is 11.0 Å². The van der Waals surface area contributed by atoms with E-state index in [1.807, 2.05) is 12.5 Å². The van der Waals surface area contributed by atoms with E-state index in [1.54, 1.807) is 0 Å². The number of furan rings is 2. The zero-order valence-electron chi connectivity index (χ0n) is 22.0. The van der Waals surface area contributed by atoms with Gasteiger partial charge in [0.25, 0.3) is 0 Å². The largest absolute Gasteiger partial charge is 0.464 e. The molecule has 5 rings (SSSR count). The molecule has 0 radical (unpaired) electrons. The van der Waals surface area contributed by atoms with Crippen LogP contribution in [0.25, 0.3) is 0 Å². The molecule has 3 fully saturated rings. The SMILES string of the molecule is C#C[C@H]([C@H]1C2CC([C@@H]3CCC2(P(c2ccco2)c2ccco2)C3)[C@H]1C)P(C(C)(C)C)C(C)(C)C. The van der Waals surface area contributed by atoms with Crippen molar-refractivity contribution in [2.75, 3.05) is 0 Å². The summed E-state index contributed by atoms with van der Waals surface area (Å²) >= 11 is 0. The molecule has 0 aromatic carbocycles. The molecule has 0 amide bonds. The predicted molar refractivity (Wildman–Crippen MR) is 147 cm³/mol. The summed E-state index contributed by atoms with van der Waals surface area (Å²) < 4.78 is 12.3. The lowest BCUT2D eigenvalue weighted by molar-refractivity contribution is 0.240. The fourth-order valence-corrected chi connectivity index (χ4v) is 16.7. The Morgan fingerprint density at radius 3 is 2.09 bits per heavy atom. The summed E-state index contributed by atoms with van der Waals surface area (Å²) in [6.45, 7) is 17.1. The average molecular weight is 497 g/mol. The van der Waals surface area contributed by atoms with Gasteiger partial charge in [-0.2, -0.15) is 0 Å². The Morgan fingerprint density at radius 1 is 1.03 bits per heavy atom. The maximum Gasteiger partial charge on any atom is 0.133 e. The summed E-state index contributed by atoms with van der Waals surface area (Å²) in [5, 5.41) is 0.674. The Morgan fingerprint density at radius 2 is 1.62 bits per heavy atom. The van der Waals surface area contributed by atoms with Crippen molar-refractivity contribution in [3.63, 3.8) is 0 Å². The van der Waals surface area contributed by atoms with Crippen LogP contribution in [0.3, 0.4) is 0 Å². The molecule has 184 valence electrons. The molecule has 34 heavy (non-hydrogen) atoms. The summed E-state index contributed by atoms with van der Waals surface area (Å²) in [6, 6.07) is 8.51. The molecule has 3 saturated carbocycles. The summed E-state index contributed by atoms with van der Waals surface area (Å²) in [5.74, 6) is 7.03. The lowest BCUT2D eigenvalue weighted by atomic mass is 9.76. The Bertz CT molecular complexity index is 971. The first-order valence-electron chi connectivity index (χ1n) is 13.1. The molecular formula is C30H42O2P2. The topological polar surface area (TPSA) is 26.3 Å². The van der Waals surface area contributed by atoms with Crippen molar-refractivity contribution < 1.29 is 8.83 Å². The number of terminal acetylenes is 1. The second kappa shape index (κ2) is 8.53. The normalized spacial score (nSPS) is 34.1. The Labute approximate surface area is 209 Å². The molecule has 0 aliphatic heterocycles. The van der Waals surface area contributed by atoms with Gasteiger partial charge in [0, 0.05) is 18.7 Å². The van der Waals surface area contributed by atoms with Crippen molar-refractivity contribution in [1.82, 2.24) is 0 Å². The molecule has 0 spiro atoms. The van der Waals surface area contributed by atoms with Crippen LogP contribution in [0.15, 0.2) is 45.6 Å². The van der Waals surface area contributed by atoms with Gasteiger partial charge in [-0.15, -0.1) is 6.42 Å². The highest BCUT2D eigenvalue weighted by molar-refractivity contribution is 7.73. The lowest BCUT2D eigenvalue weighted by Crippen LogP contribution is -2.46. The molecule has 2 heterocycles. The van der Waals surface area contributed by atoms with Crippen molar-refractivity contribution in [2.45, 2.75) is 95.3 Å². The standard InChI is InChI=1S/C30H42O2P2/c1-9-24(34(28(3,4)5)29(6,7)8)27-20(2)22-18-23(27)30(15-14-21(22)19-30)33(25-12-10-16-31-25)26-13-11-17-32-26/h1,10-13,16-17,20-24,27H,14-15,18-19H2,2-8H3/t20-,21-,22?,23?,24-,27-,30?/m1/s1. The zero-order chi connectivity index (χ0) is 24.5. The average Bonchev–Trinajstić information content (AvgIpc) is 3.51. The molecule has 7 atom stereocenters. The first-order valence-corrected chi connectivity index (χ1v) is 15.9. The monoisotopic (exact) mass is 496 g/mol. The van der Waals surface area contributed by atoms with Gasteiger partial charge in [-0.05, 0) is 89.9 Å². The fourth-order valence-electron chi connectivity index (χ4n) is 8.73. The third-order valence-electron chi connectivity index (χ3n) is 9.29. The number of hydrogen-bond acceptors (Lipinski definition) is 2. The summed E-state index contributed by atoms with van der Waals surface area (Å²) in [6.07, 6.45) is 15.5. The van der Waals surface area contributed by atoms with Gasteiger partial charge < -0.3 is 8.83 Å². The van der Waals surface area contributed by atoms with Crippen molar-refractivity contribution in [3.8, 4) is 12.3 Å². The lowest BCUT2D eigenvalue weighted by Gasteiger charge is -2.51. The van der Waals surface area contributed by atoms with Gasteiger partial charge in [-0.3, -0.25) is 0 Å². The fraction of sp³-hybridized carbons (Fsp3) is 0.667. The van der Waals surface area contributed by atoms with Crippen LogP contribution in [0.1, 0.15) is 74.1 Å². The van der Waals surface area contributed by atoms with Crippen LogP contribution in [0, 0.1) is 41.9 Å². The minimum absolute atomic E-state index is 0.222. The van der Waals surface area contributed by atoms with E-state index < -0.39 is 7.92 Å². The maximum atomic E-state index is 6.53. The Balaban J connectivity index is 1.64. The number of rotatable bonds is 5. The van der Waals surface area contributed by atoms with E-state index in [1.165, 1.54) is 25.7 Å². The summed E-state index contributed by atoms with van der Waals surface area (Å²) in [5.41, 5.74) is 2.61.